The number of fused-ring (bicyclic) bond motifs is 1. The summed E-state index contributed by atoms with van der Waals surface area (Å²) in [6.07, 6.45) is 0. The number of carbonyl (C=O) groups is 1. The number of rotatable bonds is 7. The standard InChI is InChI=1S/C25H24N6O2S2/c1-14(2)34-25-26-20-15(3)35-22(24(32)33-4)21(20)31(25)13-16-9-11-17(12-10-16)18-7-5-6-8-19(18)23-27-29-30-28-23/h5-12,14H,13H2,1-4H3,(H,27,28,29,30). The monoisotopic (exact) mass is 504 g/mol. The first-order chi connectivity index (χ1) is 17.0. The number of ether oxygens (including phenoxy) is 1. The molecule has 0 bridgehead atoms. The van der Waals surface area contributed by atoms with Crippen LogP contribution >= 0.6 is 23.1 Å². The summed E-state index contributed by atoms with van der Waals surface area (Å²) in [5.74, 6) is 0.299. The smallest absolute Gasteiger partial charge is 0.350 e. The van der Waals surface area contributed by atoms with Crippen molar-refractivity contribution in [2.45, 2.75) is 37.7 Å². The first-order valence-electron chi connectivity index (χ1n) is 11.1. The van der Waals surface area contributed by atoms with E-state index in [2.05, 4.69) is 69.4 Å². The number of thiophene rings is 1. The topological polar surface area (TPSA) is 98.6 Å². The van der Waals surface area contributed by atoms with Gasteiger partial charge in [0.15, 0.2) is 11.0 Å². The second kappa shape index (κ2) is 9.63. The third kappa shape index (κ3) is 4.46. The van der Waals surface area contributed by atoms with Crippen molar-refractivity contribution >= 4 is 40.1 Å². The van der Waals surface area contributed by atoms with Gasteiger partial charge in [-0.15, -0.1) is 16.4 Å². The van der Waals surface area contributed by atoms with Crippen LogP contribution < -0.4 is 0 Å². The van der Waals surface area contributed by atoms with Crippen LogP contribution in [0, 0.1) is 6.92 Å². The largest absolute Gasteiger partial charge is 0.465 e. The van der Waals surface area contributed by atoms with Gasteiger partial charge < -0.3 is 9.30 Å². The summed E-state index contributed by atoms with van der Waals surface area (Å²) in [7, 11) is 1.42. The van der Waals surface area contributed by atoms with E-state index >= 15 is 0 Å². The van der Waals surface area contributed by atoms with Crippen LogP contribution in [0.5, 0.6) is 0 Å². The zero-order valence-corrected chi connectivity index (χ0v) is 21.4. The summed E-state index contributed by atoms with van der Waals surface area (Å²) in [5.41, 5.74) is 5.86. The van der Waals surface area contributed by atoms with Gasteiger partial charge in [-0.1, -0.05) is 74.1 Å². The number of thioether (sulfide) groups is 1. The van der Waals surface area contributed by atoms with Gasteiger partial charge in [0.05, 0.1) is 19.2 Å². The number of hydrogen-bond donors (Lipinski definition) is 1. The highest BCUT2D eigenvalue weighted by molar-refractivity contribution is 7.99. The van der Waals surface area contributed by atoms with Crippen LogP contribution in [-0.4, -0.2) is 48.5 Å². The fraction of sp³-hybridized carbons (Fsp3) is 0.240. The van der Waals surface area contributed by atoms with Gasteiger partial charge >= 0.3 is 5.97 Å². The molecule has 10 heteroatoms. The molecule has 0 unspecified atom stereocenters. The van der Waals surface area contributed by atoms with Crippen molar-refractivity contribution in [1.82, 2.24) is 30.2 Å². The number of carbonyl (C=O) groups excluding carboxylic acids is 1. The molecule has 8 nitrogen and oxygen atoms in total. The molecule has 1 N–H and O–H groups in total. The number of nitrogens with zero attached hydrogens (tertiary/aromatic N) is 5. The average molecular weight is 505 g/mol. The first kappa shape index (κ1) is 23.3. The summed E-state index contributed by atoms with van der Waals surface area (Å²) >= 11 is 3.13. The summed E-state index contributed by atoms with van der Waals surface area (Å²) in [4.78, 5) is 19.0. The van der Waals surface area contributed by atoms with Crippen molar-refractivity contribution in [3.05, 3.63) is 63.8 Å². The van der Waals surface area contributed by atoms with E-state index in [9.17, 15) is 4.79 Å². The molecule has 3 aromatic heterocycles. The van der Waals surface area contributed by atoms with E-state index < -0.39 is 0 Å². The minimum Gasteiger partial charge on any atom is -0.465 e. The van der Waals surface area contributed by atoms with Crippen molar-refractivity contribution < 1.29 is 9.53 Å². The number of H-pyrrole nitrogens is 1. The lowest BCUT2D eigenvalue weighted by molar-refractivity contribution is 0.0608. The SMILES string of the molecule is COC(=O)c1sc(C)c2nc(SC(C)C)n(Cc3ccc(-c4ccccc4-c4nnn[nH]4)cc3)c12. The molecule has 0 saturated carbocycles. The van der Waals surface area contributed by atoms with Crippen LogP contribution in [-0.2, 0) is 11.3 Å². The molecule has 0 aliphatic heterocycles. The number of methoxy groups -OCH3 is 1. The third-order valence-electron chi connectivity index (χ3n) is 5.58. The number of tetrazole rings is 1. The second-order valence-electron chi connectivity index (χ2n) is 8.32. The van der Waals surface area contributed by atoms with Gasteiger partial charge in [-0.3, -0.25) is 0 Å². The molecule has 0 aliphatic rings. The van der Waals surface area contributed by atoms with E-state index in [0.29, 0.717) is 22.5 Å². The van der Waals surface area contributed by atoms with Crippen LogP contribution in [0.2, 0.25) is 0 Å². The third-order valence-corrected chi connectivity index (χ3v) is 7.64. The van der Waals surface area contributed by atoms with Crippen LogP contribution in [0.1, 0.15) is 34.0 Å². The quantitative estimate of drug-likeness (QED) is 0.228. The van der Waals surface area contributed by atoms with Gasteiger partial charge in [-0.2, -0.15) is 0 Å². The summed E-state index contributed by atoms with van der Waals surface area (Å²) < 4.78 is 7.20. The molecule has 5 aromatic rings. The van der Waals surface area contributed by atoms with E-state index in [1.807, 2.05) is 25.1 Å². The number of aromatic amines is 1. The molecule has 0 spiro atoms. The number of hydrogen-bond acceptors (Lipinski definition) is 8. The number of benzene rings is 2. The Balaban J connectivity index is 1.53. The predicted molar refractivity (Wildman–Crippen MR) is 139 cm³/mol. The Morgan fingerprint density at radius 2 is 1.89 bits per heavy atom. The fourth-order valence-corrected chi connectivity index (χ4v) is 5.89. The molecular formula is C25H24N6O2S2. The Kier molecular flexibility index (Phi) is 6.40. The summed E-state index contributed by atoms with van der Waals surface area (Å²) in [6, 6.07) is 16.4. The van der Waals surface area contributed by atoms with E-state index in [0.717, 1.165) is 43.3 Å². The molecule has 0 atom stereocenters. The maximum Gasteiger partial charge on any atom is 0.350 e. The Hall–Kier alpha value is -3.50. The molecule has 0 amide bonds. The van der Waals surface area contributed by atoms with Gasteiger partial charge in [0.25, 0.3) is 0 Å². The molecule has 0 radical (unpaired) electrons. The Morgan fingerprint density at radius 3 is 2.54 bits per heavy atom. The van der Waals surface area contributed by atoms with Gasteiger partial charge in [-0.25, -0.2) is 14.9 Å². The predicted octanol–water partition coefficient (Wildman–Crippen LogP) is 5.59. The van der Waals surface area contributed by atoms with Gasteiger partial charge in [0.1, 0.15) is 10.4 Å². The number of nitrogens with one attached hydrogen (secondary N) is 1. The van der Waals surface area contributed by atoms with Crippen LogP contribution in [0.25, 0.3) is 33.5 Å². The van der Waals surface area contributed by atoms with Crippen molar-refractivity contribution in [2.75, 3.05) is 7.11 Å². The fourth-order valence-electron chi connectivity index (χ4n) is 4.02. The average Bonchev–Trinajstić information content (AvgIpc) is 3.58. The van der Waals surface area contributed by atoms with E-state index in [-0.39, 0.29) is 5.97 Å². The highest BCUT2D eigenvalue weighted by Crippen LogP contribution is 2.37. The van der Waals surface area contributed by atoms with Crippen LogP contribution in [0.15, 0.2) is 53.7 Å². The first-order valence-corrected chi connectivity index (χ1v) is 12.8. The number of esters is 1. The minimum atomic E-state index is -0.329. The zero-order chi connectivity index (χ0) is 24.5. The lowest BCUT2D eigenvalue weighted by Crippen LogP contribution is -2.06. The lowest BCUT2D eigenvalue weighted by Gasteiger charge is -2.12. The van der Waals surface area contributed by atoms with Crippen LogP contribution in [0.4, 0.5) is 0 Å². The minimum absolute atomic E-state index is 0.329. The molecule has 178 valence electrons. The zero-order valence-electron chi connectivity index (χ0n) is 19.8. The van der Waals surface area contributed by atoms with E-state index in [1.54, 1.807) is 11.8 Å². The van der Waals surface area contributed by atoms with Crippen molar-refractivity contribution in [2.24, 2.45) is 0 Å². The Labute approximate surface area is 210 Å². The van der Waals surface area contributed by atoms with Gasteiger partial charge in [-0.05, 0) is 34.0 Å². The molecule has 0 aliphatic carbocycles. The second-order valence-corrected chi connectivity index (χ2v) is 11.1. The van der Waals surface area contributed by atoms with E-state index in [4.69, 9.17) is 9.72 Å². The van der Waals surface area contributed by atoms with Gasteiger partial charge in [0.2, 0.25) is 0 Å². The molecule has 3 heterocycles. The van der Waals surface area contributed by atoms with E-state index in [1.165, 1.54) is 18.4 Å². The summed E-state index contributed by atoms with van der Waals surface area (Å²) in [6.45, 7) is 6.87. The maximum absolute atomic E-state index is 12.5. The van der Waals surface area contributed by atoms with Crippen molar-refractivity contribution in [3.8, 4) is 22.5 Å². The molecule has 0 saturated heterocycles. The van der Waals surface area contributed by atoms with Gasteiger partial charge in [0, 0.05) is 15.7 Å². The molecule has 5 rings (SSSR count). The number of aryl methyl sites for hydroxylation is 1. The lowest BCUT2D eigenvalue weighted by atomic mass is 9.98. The number of aromatic nitrogens is 6. The van der Waals surface area contributed by atoms with Crippen LogP contribution in [0.3, 0.4) is 0 Å². The molecule has 0 fully saturated rings. The highest BCUT2D eigenvalue weighted by Gasteiger charge is 2.24. The summed E-state index contributed by atoms with van der Waals surface area (Å²) in [5, 5.41) is 15.6. The maximum atomic E-state index is 12.5. The van der Waals surface area contributed by atoms with Crippen molar-refractivity contribution in [3.63, 3.8) is 0 Å². The molecular weight excluding hydrogens is 480 g/mol. The Morgan fingerprint density at radius 1 is 1.14 bits per heavy atom. The molecule has 35 heavy (non-hydrogen) atoms. The Bertz CT molecular complexity index is 1490. The normalized spacial score (nSPS) is 11.5. The molecule has 2 aromatic carbocycles. The van der Waals surface area contributed by atoms with Crippen molar-refractivity contribution in [1.29, 1.82) is 0 Å². The highest BCUT2D eigenvalue weighted by atomic mass is 32.2. The number of imidazole rings is 1.